The van der Waals surface area contributed by atoms with Gasteiger partial charge in [0, 0.05) is 30.8 Å². The molecule has 1 saturated carbocycles. The Labute approximate surface area is 300 Å². The molecule has 1 unspecified atom stereocenters. The van der Waals surface area contributed by atoms with Crippen molar-refractivity contribution in [1.82, 2.24) is 19.7 Å². The van der Waals surface area contributed by atoms with E-state index in [1.54, 1.807) is 19.2 Å². The van der Waals surface area contributed by atoms with E-state index in [0.717, 1.165) is 55.8 Å². The number of carbonyl (C=O) groups excluding carboxylic acids is 2. The summed E-state index contributed by atoms with van der Waals surface area (Å²) in [7, 11) is -1.81. The van der Waals surface area contributed by atoms with Crippen LogP contribution in [-0.4, -0.2) is 69.7 Å². The molecule has 2 amide bonds. The number of anilines is 1. The van der Waals surface area contributed by atoms with Crippen LogP contribution < -0.4 is 14.4 Å². The predicted octanol–water partition coefficient (Wildman–Crippen LogP) is 6.31. The first-order valence-electron chi connectivity index (χ1n) is 17.6. The summed E-state index contributed by atoms with van der Waals surface area (Å²) in [6, 6.07) is 11.5. The molecular formula is C37H47ClN6O5S. The summed E-state index contributed by atoms with van der Waals surface area (Å²) >= 11 is 6.42. The number of carbonyl (C=O) groups is 2. The Morgan fingerprint density at radius 1 is 1.14 bits per heavy atom. The molecule has 13 heteroatoms. The van der Waals surface area contributed by atoms with E-state index in [9.17, 15) is 13.8 Å². The molecule has 268 valence electrons. The van der Waals surface area contributed by atoms with Crippen LogP contribution in [0.1, 0.15) is 77.9 Å². The number of benzene rings is 2. The first-order valence-corrected chi connectivity index (χ1v) is 19.7. The van der Waals surface area contributed by atoms with Gasteiger partial charge in [0.15, 0.2) is 5.69 Å². The van der Waals surface area contributed by atoms with Gasteiger partial charge in [-0.3, -0.25) is 14.3 Å². The lowest BCUT2D eigenvalue weighted by molar-refractivity contribution is 0.0135. The van der Waals surface area contributed by atoms with Crippen molar-refractivity contribution in [3.05, 3.63) is 82.2 Å². The number of hydrogen-bond donors (Lipinski definition) is 1. The van der Waals surface area contributed by atoms with Crippen molar-refractivity contribution in [1.29, 1.82) is 0 Å². The van der Waals surface area contributed by atoms with Gasteiger partial charge < -0.3 is 14.4 Å². The largest absolute Gasteiger partial charge is 0.491 e. The summed E-state index contributed by atoms with van der Waals surface area (Å²) < 4.78 is 33.7. The van der Waals surface area contributed by atoms with E-state index >= 15 is 0 Å². The minimum atomic E-state index is -3.56. The Hall–Kier alpha value is -3.74. The third kappa shape index (κ3) is 8.58. The van der Waals surface area contributed by atoms with Crippen LogP contribution >= 0.6 is 11.6 Å². The minimum absolute atomic E-state index is 0.00587. The van der Waals surface area contributed by atoms with Gasteiger partial charge in [-0.25, -0.2) is 4.21 Å². The Bertz CT molecular complexity index is 1850. The number of methoxy groups -OCH3 is 1. The Morgan fingerprint density at radius 3 is 2.76 bits per heavy atom. The van der Waals surface area contributed by atoms with Gasteiger partial charge in [-0.05, 0) is 111 Å². The highest BCUT2D eigenvalue weighted by atomic mass is 35.5. The highest BCUT2D eigenvalue weighted by Crippen LogP contribution is 2.41. The zero-order valence-electron chi connectivity index (χ0n) is 29.1. The molecule has 3 aliphatic rings. The summed E-state index contributed by atoms with van der Waals surface area (Å²) in [5.41, 5.74) is 3.59. The van der Waals surface area contributed by atoms with Crippen molar-refractivity contribution < 1.29 is 23.3 Å². The first-order chi connectivity index (χ1) is 24.1. The van der Waals surface area contributed by atoms with Gasteiger partial charge >= 0.3 is 0 Å². The van der Waals surface area contributed by atoms with Gasteiger partial charge in [0.2, 0.25) is 0 Å². The van der Waals surface area contributed by atoms with Crippen molar-refractivity contribution in [2.24, 2.45) is 22.1 Å². The van der Waals surface area contributed by atoms with E-state index in [0.29, 0.717) is 43.7 Å². The molecule has 11 nitrogen and oxygen atoms in total. The second-order valence-electron chi connectivity index (χ2n) is 13.6. The third-order valence-corrected chi connectivity index (χ3v) is 12.2. The number of hydrogen-bond acceptors (Lipinski definition) is 8. The molecule has 2 aliphatic heterocycles. The Kier molecular flexibility index (Phi) is 11.6. The molecule has 5 atom stereocenters. The van der Waals surface area contributed by atoms with Gasteiger partial charge in [-0.1, -0.05) is 36.7 Å². The van der Waals surface area contributed by atoms with Crippen LogP contribution in [-0.2, 0) is 34.0 Å². The molecule has 2 aromatic carbocycles. The monoisotopic (exact) mass is 722 g/mol. The quantitative estimate of drug-likeness (QED) is 0.311. The standard InChI is InChI=1S/C37H47ClN6O5S/c1-4-44-39-22-32(40-44)37(46)42-50(47)24-25(2)8-7-10-34(48-3)31-15-12-29(31)23-43-18-17-26-11-14-30(38)20-27(26)9-5-6-19-49-35-16-13-28(21-33(35)43)36(45)41-50/h7,10-11,13-14,16,20-22,25,29,31,34H,4-6,8-9,12,15,17-19,23-24H2,1-3H3,(H,41,42,45,46,47)/b10-7+/t25-,29-,31+,34-,50?/m0/s1. The van der Waals surface area contributed by atoms with Crippen molar-refractivity contribution in [2.75, 3.05) is 37.5 Å². The highest BCUT2D eigenvalue weighted by molar-refractivity contribution is 7.92. The number of halogens is 1. The van der Waals surface area contributed by atoms with Crippen molar-refractivity contribution in [2.45, 2.75) is 71.4 Å². The first kappa shape index (κ1) is 36.1. The Morgan fingerprint density at radius 2 is 2.00 bits per heavy atom. The lowest BCUT2D eigenvalue weighted by atomic mass is 9.70. The number of aryl methyl sites for hydroxylation is 2. The molecule has 0 radical (unpaired) electrons. The molecule has 1 N–H and O–H groups in total. The average Bonchev–Trinajstić information content (AvgIpc) is 3.57. The molecule has 3 aromatic rings. The number of ether oxygens (including phenoxy) is 2. The molecular weight excluding hydrogens is 676 g/mol. The second-order valence-corrected chi connectivity index (χ2v) is 16.1. The van der Waals surface area contributed by atoms with Gasteiger partial charge in [0.05, 0.1) is 36.9 Å². The van der Waals surface area contributed by atoms with Gasteiger partial charge in [0.1, 0.15) is 15.7 Å². The number of rotatable bonds is 4. The third-order valence-electron chi connectivity index (χ3n) is 10.00. The summed E-state index contributed by atoms with van der Waals surface area (Å²) in [5.74, 6) is -0.151. The Balaban J connectivity index is 1.41. The van der Waals surface area contributed by atoms with Crippen molar-refractivity contribution in [3.8, 4) is 5.75 Å². The van der Waals surface area contributed by atoms with Crippen LogP contribution in [0.25, 0.3) is 0 Å². The van der Waals surface area contributed by atoms with Crippen LogP contribution in [0.3, 0.4) is 0 Å². The summed E-state index contributed by atoms with van der Waals surface area (Å²) in [4.78, 5) is 30.9. The van der Waals surface area contributed by atoms with Crippen molar-refractivity contribution in [3.63, 3.8) is 0 Å². The SMILES string of the molecule is CCn1ncc(C(=O)NS2(=O)=NC(=O)c3ccc4c(c3)N(CCc3ccc(Cl)cc3CCCCO4)C[C@@H]3CC[C@H]3[C@@H](OC)/C=C/C[C@H](C)C2)n1. The summed E-state index contributed by atoms with van der Waals surface area (Å²) in [6.45, 7) is 6.23. The molecule has 3 heterocycles. The maximum Gasteiger partial charge on any atom is 0.286 e. The topological polar surface area (TPSA) is 128 Å². The average molecular weight is 723 g/mol. The molecule has 0 spiro atoms. The molecule has 2 bridgehead atoms. The predicted molar refractivity (Wildman–Crippen MR) is 195 cm³/mol. The second kappa shape index (κ2) is 16.1. The fourth-order valence-electron chi connectivity index (χ4n) is 7.13. The number of aromatic nitrogens is 3. The van der Waals surface area contributed by atoms with E-state index in [-0.39, 0.29) is 29.0 Å². The van der Waals surface area contributed by atoms with Gasteiger partial charge in [0.25, 0.3) is 11.8 Å². The molecule has 50 heavy (non-hydrogen) atoms. The van der Waals surface area contributed by atoms with Crippen LogP contribution in [0.4, 0.5) is 5.69 Å². The van der Waals surface area contributed by atoms with E-state index in [4.69, 9.17) is 21.1 Å². The zero-order valence-corrected chi connectivity index (χ0v) is 30.6. The van der Waals surface area contributed by atoms with Crippen LogP contribution in [0.5, 0.6) is 5.75 Å². The molecule has 1 aromatic heterocycles. The van der Waals surface area contributed by atoms with Crippen LogP contribution in [0.2, 0.25) is 5.02 Å². The molecule has 1 fully saturated rings. The normalized spacial score (nSPS) is 26.8. The van der Waals surface area contributed by atoms with Gasteiger partial charge in [-0.2, -0.15) is 9.90 Å². The van der Waals surface area contributed by atoms with E-state index in [1.807, 2.05) is 26.0 Å². The fraction of sp³-hybridized carbons (Fsp3) is 0.514. The van der Waals surface area contributed by atoms with Crippen LogP contribution in [0.15, 0.2) is 59.1 Å². The number of nitrogens with zero attached hydrogens (tertiary/aromatic N) is 5. The van der Waals surface area contributed by atoms with E-state index < -0.39 is 21.7 Å². The smallest absolute Gasteiger partial charge is 0.286 e. The number of amides is 2. The van der Waals surface area contributed by atoms with Crippen LogP contribution in [0, 0.1) is 17.8 Å². The zero-order chi connectivity index (χ0) is 35.3. The summed E-state index contributed by atoms with van der Waals surface area (Å²) in [5, 5.41) is 8.95. The molecule has 0 saturated heterocycles. The lowest BCUT2D eigenvalue weighted by Crippen LogP contribution is -2.44. The number of nitrogens with one attached hydrogen (secondary N) is 1. The van der Waals surface area contributed by atoms with E-state index in [2.05, 4.69) is 48.5 Å². The van der Waals surface area contributed by atoms with E-state index in [1.165, 1.54) is 22.1 Å². The lowest BCUT2D eigenvalue weighted by Gasteiger charge is -2.43. The molecule has 6 rings (SSSR count). The maximum absolute atomic E-state index is 14.4. The highest BCUT2D eigenvalue weighted by Gasteiger charge is 2.38. The number of fused-ring (bicyclic) bond motifs is 3. The minimum Gasteiger partial charge on any atom is -0.491 e. The summed E-state index contributed by atoms with van der Waals surface area (Å²) in [6.07, 6.45) is 11.7. The fourth-order valence-corrected chi connectivity index (χ4v) is 9.20. The molecule has 1 aliphatic carbocycles. The number of allylic oxidation sites excluding steroid dienone is 1. The maximum atomic E-state index is 14.4. The van der Waals surface area contributed by atoms with Crippen molar-refractivity contribution >= 4 is 39.0 Å². The van der Waals surface area contributed by atoms with Gasteiger partial charge in [-0.15, -0.1) is 9.46 Å².